The van der Waals surface area contributed by atoms with Crippen molar-refractivity contribution in [3.8, 4) is 28.7 Å². The van der Waals surface area contributed by atoms with E-state index >= 15 is 0 Å². The summed E-state index contributed by atoms with van der Waals surface area (Å²) < 4.78 is 4.78. The molecule has 0 atom stereocenters. The van der Waals surface area contributed by atoms with E-state index in [4.69, 9.17) is 15.0 Å². The minimum Gasteiger partial charge on any atom is -0.277 e. The summed E-state index contributed by atoms with van der Waals surface area (Å²) in [5.74, 6) is 1.89. The first kappa shape index (κ1) is 27.5. The number of rotatable bonds is 3. The highest BCUT2D eigenvalue weighted by Gasteiger charge is 2.22. The van der Waals surface area contributed by atoms with Gasteiger partial charge in [-0.3, -0.25) is 4.57 Å². The Morgan fingerprint density at radius 3 is 1.66 bits per heavy atom. The maximum absolute atomic E-state index is 5.44. The standard InChI is InChI=1S/C45H26N4S/c1-2-14-29(15-3-1)43-46-44(37-26-39-40(33-19-9-8-18-32(33)37)36-20-10-11-21-38(36)50-39)48-45(47-43)49-41-30-16-6-4-12-27(30)22-24-34(41)35-25-23-28-13-5-7-17-31(28)42(35)49/h1-26H. The van der Waals surface area contributed by atoms with Gasteiger partial charge >= 0.3 is 0 Å². The number of fused-ring (bicyclic) bond motifs is 12. The van der Waals surface area contributed by atoms with Crippen molar-refractivity contribution < 1.29 is 0 Å². The summed E-state index contributed by atoms with van der Waals surface area (Å²) >= 11 is 1.82. The molecule has 0 bridgehead atoms. The first-order valence-corrected chi connectivity index (χ1v) is 17.6. The van der Waals surface area contributed by atoms with Crippen molar-refractivity contribution in [3.63, 3.8) is 0 Å². The Bertz CT molecular complexity index is 3060. The summed E-state index contributed by atoms with van der Waals surface area (Å²) in [6.07, 6.45) is 0. The van der Waals surface area contributed by atoms with Gasteiger partial charge in [-0.15, -0.1) is 11.3 Å². The maximum atomic E-state index is 5.44. The van der Waals surface area contributed by atoms with Gasteiger partial charge in [0.05, 0.1) is 11.0 Å². The minimum absolute atomic E-state index is 0.599. The van der Waals surface area contributed by atoms with Gasteiger partial charge in [0.25, 0.3) is 0 Å². The van der Waals surface area contributed by atoms with Crippen LogP contribution in [-0.2, 0) is 0 Å². The van der Waals surface area contributed by atoms with Crippen LogP contribution in [0.2, 0.25) is 0 Å². The first-order valence-electron chi connectivity index (χ1n) is 16.8. The van der Waals surface area contributed by atoms with Crippen LogP contribution in [0.4, 0.5) is 0 Å². The van der Waals surface area contributed by atoms with Crippen LogP contribution in [0.15, 0.2) is 158 Å². The Morgan fingerprint density at radius 2 is 0.960 bits per heavy atom. The summed E-state index contributed by atoms with van der Waals surface area (Å²) in [7, 11) is 0. The third-order valence-corrected chi connectivity index (χ3v) is 11.1. The Kier molecular flexibility index (Phi) is 5.80. The van der Waals surface area contributed by atoms with Gasteiger partial charge in [-0.05, 0) is 33.7 Å². The fourth-order valence-electron chi connectivity index (χ4n) is 7.81. The molecule has 0 fully saturated rings. The van der Waals surface area contributed by atoms with E-state index in [1.54, 1.807) is 0 Å². The number of benzene rings is 8. The highest BCUT2D eigenvalue weighted by atomic mass is 32.1. The van der Waals surface area contributed by atoms with Crippen LogP contribution in [0.1, 0.15) is 0 Å². The van der Waals surface area contributed by atoms with Crippen LogP contribution in [0.3, 0.4) is 0 Å². The molecule has 0 spiro atoms. The molecule has 0 aliphatic carbocycles. The van der Waals surface area contributed by atoms with E-state index in [0.717, 1.165) is 38.3 Å². The quantitative estimate of drug-likeness (QED) is 0.190. The number of hydrogen-bond donors (Lipinski definition) is 0. The number of nitrogens with zero attached hydrogens (tertiary/aromatic N) is 4. The van der Waals surface area contributed by atoms with Crippen molar-refractivity contribution in [1.82, 2.24) is 19.5 Å². The van der Waals surface area contributed by atoms with Crippen LogP contribution in [0.5, 0.6) is 0 Å². The number of aromatic nitrogens is 4. The van der Waals surface area contributed by atoms with E-state index in [1.807, 2.05) is 29.5 Å². The predicted molar refractivity (Wildman–Crippen MR) is 210 cm³/mol. The largest absolute Gasteiger partial charge is 0.277 e. The van der Waals surface area contributed by atoms with Gasteiger partial charge in [0.2, 0.25) is 5.95 Å². The van der Waals surface area contributed by atoms with Crippen molar-refractivity contribution >= 4 is 85.6 Å². The summed E-state index contributed by atoms with van der Waals surface area (Å²) in [4.78, 5) is 16.0. The van der Waals surface area contributed by atoms with Gasteiger partial charge in [-0.1, -0.05) is 146 Å². The number of thiophene rings is 1. The van der Waals surface area contributed by atoms with Gasteiger partial charge in [-0.25, -0.2) is 4.98 Å². The zero-order valence-corrected chi connectivity index (χ0v) is 27.5. The van der Waals surface area contributed by atoms with Crippen molar-refractivity contribution in [2.45, 2.75) is 0 Å². The minimum atomic E-state index is 0.599. The predicted octanol–water partition coefficient (Wildman–Crippen LogP) is 12.1. The molecule has 0 aliphatic rings. The average Bonchev–Trinajstić information content (AvgIpc) is 3.74. The molecular formula is C45H26N4S. The molecule has 4 nitrogen and oxygen atoms in total. The lowest BCUT2D eigenvalue weighted by Gasteiger charge is -2.14. The molecule has 0 radical (unpaired) electrons. The van der Waals surface area contributed by atoms with Crippen LogP contribution < -0.4 is 0 Å². The van der Waals surface area contributed by atoms with Gasteiger partial charge in [0, 0.05) is 52.8 Å². The lowest BCUT2D eigenvalue weighted by Crippen LogP contribution is -2.07. The van der Waals surface area contributed by atoms with E-state index in [-0.39, 0.29) is 0 Å². The monoisotopic (exact) mass is 654 g/mol. The fourth-order valence-corrected chi connectivity index (χ4v) is 8.98. The molecule has 3 aromatic heterocycles. The third-order valence-electron chi connectivity index (χ3n) is 10.0. The normalized spacial score (nSPS) is 12.0. The molecule has 5 heteroatoms. The van der Waals surface area contributed by atoms with Crippen molar-refractivity contribution in [3.05, 3.63) is 158 Å². The molecule has 0 saturated heterocycles. The van der Waals surface area contributed by atoms with Crippen molar-refractivity contribution in [2.24, 2.45) is 0 Å². The molecule has 232 valence electrons. The Labute approximate surface area is 290 Å². The Morgan fingerprint density at radius 1 is 0.400 bits per heavy atom. The van der Waals surface area contributed by atoms with Gasteiger partial charge < -0.3 is 0 Å². The molecular weight excluding hydrogens is 629 g/mol. The average molecular weight is 655 g/mol. The molecule has 11 aromatic rings. The van der Waals surface area contributed by atoms with Crippen LogP contribution in [0.25, 0.3) is 103 Å². The van der Waals surface area contributed by atoms with E-state index in [2.05, 4.69) is 144 Å². The van der Waals surface area contributed by atoms with Gasteiger partial charge in [0.15, 0.2) is 11.6 Å². The van der Waals surface area contributed by atoms with Crippen molar-refractivity contribution in [1.29, 1.82) is 0 Å². The Hall–Kier alpha value is -6.43. The molecule has 0 aliphatic heterocycles. The van der Waals surface area contributed by atoms with E-state index in [0.29, 0.717) is 17.6 Å². The summed E-state index contributed by atoms with van der Waals surface area (Å²) in [5, 5.41) is 11.9. The van der Waals surface area contributed by atoms with E-state index in [1.165, 1.54) is 47.1 Å². The first-order chi connectivity index (χ1) is 24.8. The van der Waals surface area contributed by atoms with Gasteiger partial charge in [0.1, 0.15) is 0 Å². The molecule has 0 unspecified atom stereocenters. The topological polar surface area (TPSA) is 43.6 Å². The smallest absolute Gasteiger partial charge is 0.238 e. The Balaban J connectivity index is 1.31. The zero-order chi connectivity index (χ0) is 32.8. The van der Waals surface area contributed by atoms with Crippen LogP contribution in [-0.4, -0.2) is 19.5 Å². The zero-order valence-electron chi connectivity index (χ0n) is 26.7. The summed E-state index contributed by atoms with van der Waals surface area (Å²) in [5.41, 5.74) is 4.13. The number of hydrogen-bond acceptors (Lipinski definition) is 4. The lowest BCUT2D eigenvalue weighted by atomic mass is 9.99. The summed E-state index contributed by atoms with van der Waals surface area (Å²) in [6, 6.07) is 56.0. The second kappa shape index (κ2) is 10.5. The molecule has 0 amide bonds. The fraction of sp³-hybridized carbons (Fsp3) is 0. The second-order valence-electron chi connectivity index (χ2n) is 12.8. The second-order valence-corrected chi connectivity index (χ2v) is 13.9. The third kappa shape index (κ3) is 3.95. The maximum Gasteiger partial charge on any atom is 0.238 e. The highest BCUT2D eigenvalue weighted by molar-refractivity contribution is 7.26. The molecule has 50 heavy (non-hydrogen) atoms. The molecule has 0 saturated carbocycles. The van der Waals surface area contributed by atoms with E-state index in [9.17, 15) is 0 Å². The summed E-state index contributed by atoms with van der Waals surface area (Å²) in [6.45, 7) is 0. The van der Waals surface area contributed by atoms with Crippen LogP contribution >= 0.6 is 11.3 Å². The van der Waals surface area contributed by atoms with Crippen LogP contribution in [0, 0.1) is 0 Å². The molecule has 11 rings (SSSR count). The molecule has 8 aromatic carbocycles. The SMILES string of the molecule is c1ccc(-c2nc(-c3cc4sc5ccccc5c4c4ccccc34)nc(-n3c4c5ccccc5ccc4c4ccc5ccccc5c43)n2)cc1. The van der Waals surface area contributed by atoms with Gasteiger partial charge in [-0.2, -0.15) is 9.97 Å². The molecule has 3 heterocycles. The molecule has 0 N–H and O–H groups in total. The highest BCUT2D eigenvalue weighted by Crippen LogP contribution is 2.43. The van der Waals surface area contributed by atoms with Crippen molar-refractivity contribution in [2.75, 3.05) is 0 Å². The van der Waals surface area contributed by atoms with E-state index < -0.39 is 0 Å². The lowest BCUT2D eigenvalue weighted by molar-refractivity contribution is 0.958.